The Balaban J connectivity index is 1.28. The van der Waals surface area contributed by atoms with E-state index in [0.29, 0.717) is 22.2 Å². The average Bonchev–Trinajstić information content (AvgIpc) is 2.81. The Morgan fingerprint density at radius 2 is 1.85 bits per heavy atom. The zero-order valence-corrected chi connectivity index (χ0v) is 21.9. The quantitative estimate of drug-likeness (QED) is 0.453. The predicted octanol–water partition coefficient (Wildman–Crippen LogP) is 4.79. The third-order valence-corrected chi connectivity index (χ3v) is 9.34. The van der Waals surface area contributed by atoms with E-state index < -0.39 is 0 Å². The van der Waals surface area contributed by atoms with Crippen molar-refractivity contribution < 1.29 is 4.79 Å². The van der Waals surface area contributed by atoms with Crippen molar-refractivity contribution in [3.8, 4) is 0 Å². The Kier molecular flexibility index (Phi) is 7.77. The molecule has 3 aromatic rings. The van der Waals surface area contributed by atoms with Crippen LogP contribution in [-0.2, 0) is 0 Å². The van der Waals surface area contributed by atoms with E-state index >= 15 is 0 Å². The molecule has 0 spiro atoms. The number of carbonyl (C=O) groups excluding carboxylic acids is 1. The van der Waals surface area contributed by atoms with Gasteiger partial charge in [0.15, 0.2) is 0 Å². The number of nitrogens with zero attached hydrogens (tertiary/aromatic N) is 3. The van der Waals surface area contributed by atoms with E-state index in [1.165, 1.54) is 12.8 Å². The Morgan fingerprint density at radius 3 is 2.61 bits per heavy atom. The third kappa shape index (κ3) is 5.99. The summed E-state index contributed by atoms with van der Waals surface area (Å²) in [6, 6.07) is 13.6. The number of aromatic nitrogens is 2. The number of fused-ring (bicyclic) bond motifs is 1. The van der Waals surface area contributed by atoms with Crippen molar-refractivity contribution in [1.82, 2.24) is 15.3 Å². The number of urea groups is 1. The van der Waals surface area contributed by atoms with Crippen LogP contribution in [0.3, 0.4) is 0 Å². The molecule has 1 heterocycles. The number of para-hydroxylation sites is 1. The maximum absolute atomic E-state index is 12.3. The second-order valence-corrected chi connectivity index (χ2v) is 12.1. The second kappa shape index (κ2) is 10.8. The zero-order chi connectivity index (χ0) is 23.4. The van der Waals surface area contributed by atoms with Gasteiger partial charge in [0.1, 0.15) is 0 Å². The first kappa shape index (κ1) is 23.8. The van der Waals surface area contributed by atoms with Gasteiger partial charge in [-0.2, -0.15) is 0 Å². The first-order chi connectivity index (χ1) is 15.9. The number of halogens is 1. The average molecular weight is 527 g/mol. The van der Waals surface area contributed by atoms with Crippen LogP contribution in [0, 0.1) is 12.8 Å². The summed E-state index contributed by atoms with van der Waals surface area (Å²) in [6.45, 7) is 2.61. The molecule has 0 bridgehead atoms. The van der Waals surface area contributed by atoms with Crippen molar-refractivity contribution in [2.24, 2.45) is 5.92 Å². The fourth-order valence-electron chi connectivity index (χ4n) is 4.23. The van der Waals surface area contributed by atoms with E-state index in [2.05, 4.69) is 27.7 Å². The molecule has 1 aliphatic rings. The molecule has 6 nitrogen and oxygen atoms in total. The second-order valence-electron chi connectivity index (χ2n) is 8.81. The van der Waals surface area contributed by atoms with Crippen LogP contribution in [0.1, 0.15) is 31.2 Å². The molecule has 1 fully saturated rings. The van der Waals surface area contributed by atoms with E-state index in [1.54, 1.807) is 0 Å². The van der Waals surface area contributed by atoms with Crippen molar-refractivity contribution in [3.05, 3.63) is 53.1 Å². The molecule has 1 aliphatic carbocycles. The minimum atomic E-state index is -0.172. The summed E-state index contributed by atoms with van der Waals surface area (Å²) in [5.74, 6) is 1.52. The molecule has 0 saturated heterocycles. The summed E-state index contributed by atoms with van der Waals surface area (Å²) in [6.07, 6.45) is 4.61. The summed E-state index contributed by atoms with van der Waals surface area (Å²) < 4.78 is 1.70. The number of rotatable bonds is 6. The van der Waals surface area contributed by atoms with Crippen LogP contribution in [0.25, 0.3) is 10.9 Å². The number of hydrogen-bond acceptors (Lipinski definition) is 4. The standard InChI is InChI=1S/C25H30AsClN5O/c1-16-20(27)8-6-10-21(16)30-25(33)28-15-17-11-13-18(14-12-17)26-24-29-22-9-5-4-7-19(22)23(31-24)32(2)3/h4-10,17-18H,11-15H2,1-3H3,(H2,28,30,33). The van der Waals surface area contributed by atoms with Crippen LogP contribution >= 0.6 is 11.6 Å². The van der Waals surface area contributed by atoms with Crippen molar-refractivity contribution in [2.45, 2.75) is 37.3 Å². The van der Waals surface area contributed by atoms with Crippen LogP contribution in [0.2, 0.25) is 9.73 Å². The number of anilines is 2. The Morgan fingerprint density at radius 1 is 1.09 bits per heavy atom. The Bertz CT molecular complexity index is 1130. The van der Waals surface area contributed by atoms with Crippen LogP contribution in [0.5, 0.6) is 0 Å². The fraction of sp³-hybridized carbons (Fsp3) is 0.400. The normalized spacial score (nSPS) is 18.5. The van der Waals surface area contributed by atoms with Crippen LogP contribution in [-0.4, -0.2) is 52.4 Å². The van der Waals surface area contributed by atoms with E-state index in [4.69, 9.17) is 21.6 Å². The molecule has 1 saturated carbocycles. The molecule has 1 radical (unpaired) electrons. The van der Waals surface area contributed by atoms with Crippen LogP contribution in [0.15, 0.2) is 42.5 Å². The molecule has 2 aromatic carbocycles. The number of carbonyl (C=O) groups is 1. The summed E-state index contributed by atoms with van der Waals surface area (Å²) in [7, 11) is 4.08. The molecule has 0 atom stereocenters. The summed E-state index contributed by atoms with van der Waals surface area (Å²) >= 11 is 6.06. The summed E-state index contributed by atoms with van der Waals surface area (Å²) in [4.78, 5) is 24.2. The minimum absolute atomic E-state index is 0.0845. The zero-order valence-electron chi connectivity index (χ0n) is 19.3. The molecule has 33 heavy (non-hydrogen) atoms. The van der Waals surface area contributed by atoms with Crippen molar-refractivity contribution in [2.75, 3.05) is 30.9 Å². The summed E-state index contributed by atoms with van der Waals surface area (Å²) in [5, 5.41) is 7.71. The molecule has 2 N–H and O–H groups in total. The molecule has 173 valence electrons. The van der Waals surface area contributed by atoms with Gasteiger partial charge in [-0.3, -0.25) is 0 Å². The van der Waals surface area contributed by atoms with E-state index in [9.17, 15) is 4.79 Å². The van der Waals surface area contributed by atoms with Gasteiger partial charge in [0.05, 0.1) is 0 Å². The number of hydrogen-bond donors (Lipinski definition) is 2. The first-order valence-electron chi connectivity index (χ1n) is 11.4. The molecular formula is C25H30AsClN5O. The summed E-state index contributed by atoms with van der Waals surface area (Å²) in [5.41, 5.74) is 2.66. The van der Waals surface area contributed by atoms with Gasteiger partial charge in [0.2, 0.25) is 0 Å². The van der Waals surface area contributed by atoms with E-state index in [0.717, 1.165) is 45.4 Å². The fourth-order valence-corrected chi connectivity index (χ4v) is 6.93. The molecule has 0 unspecified atom stereocenters. The molecule has 8 heteroatoms. The molecule has 2 amide bonds. The van der Waals surface area contributed by atoms with E-state index in [-0.39, 0.29) is 21.8 Å². The van der Waals surface area contributed by atoms with E-state index in [1.807, 2.05) is 51.4 Å². The number of benzene rings is 2. The number of nitrogens with one attached hydrogen (secondary N) is 2. The van der Waals surface area contributed by atoms with Crippen LogP contribution < -0.4 is 20.1 Å². The van der Waals surface area contributed by atoms with Crippen molar-refractivity contribution >= 4 is 60.4 Å². The topological polar surface area (TPSA) is 70.2 Å². The van der Waals surface area contributed by atoms with Gasteiger partial charge in [-0.25, -0.2) is 0 Å². The third-order valence-electron chi connectivity index (χ3n) is 6.18. The monoisotopic (exact) mass is 526 g/mol. The maximum atomic E-state index is 12.3. The van der Waals surface area contributed by atoms with Gasteiger partial charge < -0.3 is 0 Å². The Hall–Kier alpha value is -2.30. The van der Waals surface area contributed by atoms with Gasteiger partial charge >= 0.3 is 208 Å². The molecule has 4 rings (SSSR count). The first-order valence-corrected chi connectivity index (χ1v) is 13.8. The van der Waals surface area contributed by atoms with Crippen molar-refractivity contribution in [3.63, 3.8) is 0 Å². The van der Waals surface area contributed by atoms with Gasteiger partial charge in [0.25, 0.3) is 0 Å². The molecule has 0 aliphatic heterocycles. The van der Waals surface area contributed by atoms with Crippen LogP contribution in [0.4, 0.5) is 16.3 Å². The van der Waals surface area contributed by atoms with Gasteiger partial charge in [-0.1, -0.05) is 0 Å². The SMILES string of the molecule is Cc1c(Cl)cccc1NC(=O)NCC1CCC([As]c2nc(N(C)C)c3ccccc3n2)CC1. The Labute approximate surface area is 207 Å². The van der Waals surface area contributed by atoms with Gasteiger partial charge in [-0.05, 0) is 0 Å². The number of amides is 2. The predicted molar refractivity (Wildman–Crippen MR) is 138 cm³/mol. The van der Waals surface area contributed by atoms with Gasteiger partial charge in [-0.15, -0.1) is 0 Å². The van der Waals surface area contributed by atoms with Gasteiger partial charge in [0, 0.05) is 0 Å². The molecular weight excluding hydrogens is 497 g/mol. The van der Waals surface area contributed by atoms with Crippen molar-refractivity contribution in [1.29, 1.82) is 0 Å². The molecule has 1 aromatic heterocycles.